The minimum absolute atomic E-state index is 1.02. The van der Waals surface area contributed by atoms with Gasteiger partial charge in [0.15, 0.2) is 0 Å². The van der Waals surface area contributed by atoms with Crippen LogP contribution in [0.2, 0.25) is 0 Å². The van der Waals surface area contributed by atoms with E-state index in [4.69, 9.17) is 0 Å². The highest BCUT2D eigenvalue weighted by molar-refractivity contribution is 4.77. The minimum atomic E-state index is 1.02. The van der Waals surface area contributed by atoms with Crippen LogP contribution in [0.1, 0.15) is 116 Å². The molecule has 0 bridgehead atoms. The quantitative estimate of drug-likeness (QED) is 0.263. The summed E-state index contributed by atoms with van der Waals surface area (Å²) in [7, 11) is 0. The van der Waals surface area contributed by atoms with Crippen molar-refractivity contribution >= 4 is 0 Å². The molecule has 0 amide bonds. The summed E-state index contributed by atoms with van der Waals surface area (Å²) in [5, 5.41) is 0. The van der Waals surface area contributed by atoms with Gasteiger partial charge in [-0.15, -0.1) is 6.58 Å². The third-order valence-corrected chi connectivity index (χ3v) is 7.15. The third-order valence-electron chi connectivity index (χ3n) is 7.15. The summed E-state index contributed by atoms with van der Waals surface area (Å²) in [4.78, 5) is 0. The van der Waals surface area contributed by atoms with Crippen LogP contribution < -0.4 is 0 Å². The van der Waals surface area contributed by atoms with Gasteiger partial charge in [0.25, 0.3) is 0 Å². The highest BCUT2D eigenvalue weighted by Crippen LogP contribution is 2.36. The maximum atomic E-state index is 3.87. The number of rotatable bonds is 11. The van der Waals surface area contributed by atoms with Gasteiger partial charge in [-0.1, -0.05) is 109 Å². The van der Waals surface area contributed by atoms with E-state index in [1.54, 1.807) is 25.7 Å². The monoisotopic (exact) mass is 332 g/mol. The van der Waals surface area contributed by atoms with E-state index in [0.29, 0.717) is 0 Å². The van der Waals surface area contributed by atoms with Crippen molar-refractivity contribution in [1.82, 2.24) is 0 Å². The van der Waals surface area contributed by atoms with E-state index < -0.39 is 0 Å². The maximum Gasteiger partial charge on any atom is -0.0351 e. The summed E-state index contributed by atoms with van der Waals surface area (Å²) < 4.78 is 0. The lowest BCUT2D eigenvalue weighted by Crippen LogP contribution is -2.15. The van der Waals surface area contributed by atoms with E-state index >= 15 is 0 Å². The van der Waals surface area contributed by atoms with E-state index in [-0.39, 0.29) is 0 Å². The zero-order valence-corrected chi connectivity index (χ0v) is 16.6. The molecule has 0 aromatic rings. The molecule has 0 atom stereocenters. The lowest BCUT2D eigenvalue weighted by molar-refractivity contribution is 0.233. The van der Waals surface area contributed by atoms with Crippen molar-refractivity contribution in [1.29, 1.82) is 0 Å². The Morgan fingerprint density at radius 2 is 1.00 bits per heavy atom. The molecule has 0 heteroatoms. The van der Waals surface area contributed by atoms with Gasteiger partial charge in [0.2, 0.25) is 0 Å². The number of allylic oxidation sites excluding steroid dienone is 1. The van der Waals surface area contributed by atoms with Crippen molar-refractivity contribution in [2.45, 2.75) is 116 Å². The topological polar surface area (TPSA) is 0 Å². The second-order valence-corrected chi connectivity index (χ2v) is 9.07. The molecule has 2 fully saturated rings. The molecule has 0 radical (unpaired) electrons. The molecule has 0 heterocycles. The van der Waals surface area contributed by atoms with Crippen molar-refractivity contribution in [2.75, 3.05) is 0 Å². The molecule has 24 heavy (non-hydrogen) atoms. The molecule has 140 valence electrons. The molecule has 0 saturated heterocycles. The Morgan fingerprint density at radius 1 is 0.625 bits per heavy atom. The Hall–Kier alpha value is -0.260. The van der Waals surface area contributed by atoms with Crippen LogP contribution in [0.5, 0.6) is 0 Å². The third kappa shape index (κ3) is 7.75. The SMILES string of the molecule is C=CCCC1CCC(CCCC[C@H]2CC[C@H](CCCC)CC2)CC1. The molecule has 0 N–H and O–H groups in total. The fourth-order valence-corrected chi connectivity index (χ4v) is 5.33. The van der Waals surface area contributed by atoms with Crippen LogP contribution in [0.4, 0.5) is 0 Å². The maximum absolute atomic E-state index is 3.87. The van der Waals surface area contributed by atoms with Gasteiger partial charge in [0, 0.05) is 0 Å². The Morgan fingerprint density at radius 3 is 1.38 bits per heavy atom. The van der Waals surface area contributed by atoms with Gasteiger partial charge in [-0.05, 0) is 36.5 Å². The second kappa shape index (κ2) is 12.2. The van der Waals surface area contributed by atoms with Crippen LogP contribution in [0.15, 0.2) is 12.7 Å². The van der Waals surface area contributed by atoms with Crippen LogP contribution in [0.3, 0.4) is 0 Å². The first-order valence-electron chi connectivity index (χ1n) is 11.4. The number of unbranched alkanes of at least 4 members (excludes halogenated alkanes) is 2. The minimum Gasteiger partial charge on any atom is -0.103 e. The second-order valence-electron chi connectivity index (χ2n) is 9.07. The van der Waals surface area contributed by atoms with Gasteiger partial charge in [-0.3, -0.25) is 0 Å². The van der Waals surface area contributed by atoms with Crippen LogP contribution in [-0.2, 0) is 0 Å². The normalized spacial score (nSPS) is 31.0. The molecular weight excluding hydrogens is 288 g/mol. The lowest BCUT2D eigenvalue weighted by Gasteiger charge is -2.29. The Kier molecular flexibility index (Phi) is 10.2. The van der Waals surface area contributed by atoms with E-state index in [1.165, 1.54) is 83.5 Å². The highest BCUT2D eigenvalue weighted by Gasteiger charge is 2.22. The zero-order chi connectivity index (χ0) is 17.0. The Labute approximate surface area is 152 Å². The largest absolute Gasteiger partial charge is 0.103 e. The predicted octanol–water partition coefficient (Wildman–Crippen LogP) is 8.32. The molecule has 2 aliphatic carbocycles. The Balaban J connectivity index is 1.45. The first-order chi connectivity index (χ1) is 11.8. The van der Waals surface area contributed by atoms with Crippen molar-refractivity contribution in [2.24, 2.45) is 23.7 Å². The average molecular weight is 333 g/mol. The molecule has 2 saturated carbocycles. The van der Waals surface area contributed by atoms with Crippen LogP contribution in [0, 0.1) is 23.7 Å². The lowest BCUT2D eigenvalue weighted by atomic mass is 9.76. The summed E-state index contributed by atoms with van der Waals surface area (Å²) in [5.41, 5.74) is 0. The molecule has 0 aromatic carbocycles. The standard InChI is InChI=1S/C24H44/c1-3-5-9-21-13-17-23(18-14-21)11-7-8-12-24-19-15-22(16-20-24)10-6-4-2/h3,21-24H,1,4-20H2,2H3/t21?,22-,23?,24-. The van der Waals surface area contributed by atoms with Gasteiger partial charge in [-0.2, -0.15) is 0 Å². The fourth-order valence-electron chi connectivity index (χ4n) is 5.33. The summed E-state index contributed by atoms with van der Waals surface area (Å²) in [6.45, 7) is 6.20. The van der Waals surface area contributed by atoms with E-state index in [2.05, 4.69) is 19.6 Å². The predicted molar refractivity (Wildman–Crippen MR) is 108 cm³/mol. The van der Waals surface area contributed by atoms with Crippen molar-refractivity contribution < 1.29 is 0 Å². The summed E-state index contributed by atoms with van der Waals surface area (Å²) >= 11 is 0. The summed E-state index contributed by atoms with van der Waals surface area (Å²) in [6.07, 6.45) is 27.4. The van der Waals surface area contributed by atoms with Gasteiger partial charge in [-0.25, -0.2) is 0 Å². The zero-order valence-electron chi connectivity index (χ0n) is 16.6. The van der Waals surface area contributed by atoms with Gasteiger partial charge >= 0.3 is 0 Å². The smallest absolute Gasteiger partial charge is 0.0351 e. The van der Waals surface area contributed by atoms with E-state index in [0.717, 1.165) is 23.7 Å². The fraction of sp³-hybridized carbons (Fsp3) is 0.917. The van der Waals surface area contributed by atoms with Crippen LogP contribution in [0.25, 0.3) is 0 Å². The van der Waals surface area contributed by atoms with E-state index in [1.807, 2.05) is 0 Å². The van der Waals surface area contributed by atoms with Crippen LogP contribution >= 0.6 is 0 Å². The van der Waals surface area contributed by atoms with Gasteiger partial charge in [0.05, 0.1) is 0 Å². The molecule has 2 rings (SSSR count). The molecule has 2 aliphatic rings. The van der Waals surface area contributed by atoms with Gasteiger partial charge < -0.3 is 0 Å². The molecule has 0 spiro atoms. The summed E-state index contributed by atoms with van der Waals surface area (Å²) in [6, 6.07) is 0. The molecular formula is C24H44. The first-order valence-corrected chi connectivity index (χ1v) is 11.4. The Bertz CT molecular complexity index is 302. The molecule has 0 unspecified atom stereocenters. The van der Waals surface area contributed by atoms with Crippen molar-refractivity contribution in [3.8, 4) is 0 Å². The van der Waals surface area contributed by atoms with Gasteiger partial charge in [0.1, 0.15) is 0 Å². The van der Waals surface area contributed by atoms with E-state index in [9.17, 15) is 0 Å². The number of hydrogen-bond acceptors (Lipinski definition) is 0. The van der Waals surface area contributed by atoms with Crippen molar-refractivity contribution in [3.63, 3.8) is 0 Å². The first kappa shape index (κ1) is 20.1. The molecule has 0 nitrogen and oxygen atoms in total. The van der Waals surface area contributed by atoms with Crippen LogP contribution in [-0.4, -0.2) is 0 Å². The highest BCUT2D eigenvalue weighted by atomic mass is 14.3. The summed E-state index contributed by atoms with van der Waals surface area (Å²) in [5.74, 6) is 4.24. The molecule has 0 aromatic heterocycles. The average Bonchev–Trinajstić information content (AvgIpc) is 2.64. The van der Waals surface area contributed by atoms with Crippen molar-refractivity contribution in [3.05, 3.63) is 12.7 Å². The molecule has 0 aliphatic heterocycles. The number of hydrogen-bond donors (Lipinski definition) is 0.